The van der Waals surface area contributed by atoms with Crippen molar-refractivity contribution in [3.8, 4) is 0 Å². The largest absolute Gasteiger partial charge is 0.321 e. The summed E-state index contributed by atoms with van der Waals surface area (Å²) in [5.74, 6) is -0.193. The van der Waals surface area contributed by atoms with Crippen LogP contribution in [0.15, 0.2) is 30.3 Å². The number of H-pyrrole nitrogens is 1. The van der Waals surface area contributed by atoms with E-state index in [2.05, 4.69) is 20.8 Å². The molecule has 2 heterocycles. The predicted octanol–water partition coefficient (Wildman–Crippen LogP) is 3.74. The highest BCUT2D eigenvalue weighted by atomic mass is 35.5. The van der Waals surface area contributed by atoms with Gasteiger partial charge in [-0.2, -0.15) is 5.10 Å². The van der Waals surface area contributed by atoms with E-state index in [0.717, 1.165) is 25.1 Å². The molecule has 140 valence electrons. The Morgan fingerprint density at radius 3 is 2.46 bits per heavy atom. The molecule has 0 spiro atoms. The second-order valence-electron chi connectivity index (χ2n) is 7.47. The monoisotopic (exact) mass is 376 g/mol. The number of carbonyl (C=O) groups is 2. The maximum absolute atomic E-state index is 12.3. The predicted molar refractivity (Wildman–Crippen MR) is 104 cm³/mol. The second kappa shape index (κ2) is 8.01. The Hall–Kier alpha value is -2.18. The summed E-state index contributed by atoms with van der Waals surface area (Å²) in [6.07, 6.45) is 2.18. The fourth-order valence-electron chi connectivity index (χ4n) is 2.91. The Kier molecular flexibility index (Phi) is 6.21. The van der Waals surface area contributed by atoms with Gasteiger partial charge in [0, 0.05) is 22.7 Å². The summed E-state index contributed by atoms with van der Waals surface area (Å²) in [6, 6.07) is 8.99. The van der Waals surface area contributed by atoms with Crippen molar-refractivity contribution in [1.29, 1.82) is 0 Å². The molecular weight excluding hydrogens is 352 g/mol. The highest BCUT2D eigenvalue weighted by molar-refractivity contribution is 6.04. The van der Waals surface area contributed by atoms with Crippen LogP contribution in [0.1, 0.15) is 66.2 Å². The van der Waals surface area contributed by atoms with Crippen molar-refractivity contribution in [2.75, 3.05) is 11.9 Å². The van der Waals surface area contributed by atoms with Crippen LogP contribution in [-0.2, 0) is 0 Å². The Labute approximate surface area is 159 Å². The van der Waals surface area contributed by atoms with Gasteiger partial charge in [0.1, 0.15) is 0 Å². The summed E-state index contributed by atoms with van der Waals surface area (Å²) in [4.78, 5) is 24.6. The fourth-order valence-corrected chi connectivity index (χ4v) is 2.91. The van der Waals surface area contributed by atoms with Crippen LogP contribution in [0.3, 0.4) is 0 Å². The van der Waals surface area contributed by atoms with Gasteiger partial charge < -0.3 is 10.6 Å². The number of halogens is 1. The Balaban J connectivity index is 0.00000243. The zero-order valence-corrected chi connectivity index (χ0v) is 16.1. The van der Waals surface area contributed by atoms with Crippen molar-refractivity contribution in [3.05, 3.63) is 47.3 Å². The molecule has 0 radical (unpaired) electrons. The number of aromatic nitrogens is 2. The minimum absolute atomic E-state index is 0. The zero-order valence-electron chi connectivity index (χ0n) is 15.3. The summed E-state index contributed by atoms with van der Waals surface area (Å²) >= 11 is 0. The van der Waals surface area contributed by atoms with Crippen LogP contribution < -0.4 is 10.6 Å². The first-order chi connectivity index (χ1) is 11.8. The van der Waals surface area contributed by atoms with E-state index in [-0.39, 0.29) is 30.1 Å². The van der Waals surface area contributed by atoms with E-state index in [1.165, 1.54) is 0 Å². The molecule has 0 aliphatic carbocycles. The van der Waals surface area contributed by atoms with E-state index < -0.39 is 5.41 Å². The molecule has 1 aliphatic heterocycles. The number of rotatable bonds is 4. The van der Waals surface area contributed by atoms with E-state index in [1.54, 1.807) is 30.3 Å². The molecule has 6 nitrogen and oxygen atoms in total. The van der Waals surface area contributed by atoms with Crippen LogP contribution in [0.2, 0.25) is 0 Å². The summed E-state index contributed by atoms with van der Waals surface area (Å²) in [7, 11) is 0. The summed E-state index contributed by atoms with van der Waals surface area (Å²) < 4.78 is 0. The molecule has 0 bridgehead atoms. The first-order valence-electron chi connectivity index (χ1n) is 8.59. The van der Waals surface area contributed by atoms with Gasteiger partial charge in [-0.05, 0) is 49.7 Å². The maximum atomic E-state index is 12.3. The van der Waals surface area contributed by atoms with Gasteiger partial charge in [0.15, 0.2) is 11.5 Å². The number of hydrogen-bond donors (Lipinski definition) is 3. The van der Waals surface area contributed by atoms with Crippen LogP contribution in [0.4, 0.5) is 5.69 Å². The first-order valence-corrected chi connectivity index (χ1v) is 8.59. The van der Waals surface area contributed by atoms with Crippen LogP contribution >= 0.6 is 12.4 Å². The molecule has 2 aromatic rings. The van der Waals surface area contributed by atoms with Gasteiger partial charge in [0.05, 0.1) is 5.69 Å². The normalized spacial score (nSPS) is 16.8. The number of amides is 1. The minimum Gasteiger partial charge on any atom is -0.321 e. The van der Waals surface area contributed by atoms with Crippen LogP contribution in [0, 0.1) is 5.41 Å². The molecule has 1 aromatic heterocycles. The third-order valence-electron chi connectivity index (χ3n) is 4.35. The number of carbonyl (C=O) groups excluding carboxylic acids is 2. The van der Waals surface area contributed by atoms with Crippen molar-refractivity contribution in [2.24, 2.45) is 5.41 Å². The second-order valence-corrected chi connectivity index (χ2v) is 7.47. The molecule has 1 amide bonds. The molecule has 3 rings (SSSR count). The number of aromatic amines is 1. The smallest absolute Gasteiger partial charge is 0.276 e. The zero-order chi connectivity index (χ0) is 18.0. The Morgan fingerprint density at radius 2 is 1.88 bits per heavy atom. The van der Waals surface area contributed by atoms with Crippen molar-refractivity contribution in [1.82, 2.24) is 15.5 Å². The number of nitrogens with zero attached hydrogens (tertiary/aromatic N) is 1. The Bertz CT molecular complexity index is 772. The average molecular weight is 377 g/mol. The van der Waals surface area contributed by atoms with Gasteiger partial charge in [0.2, 0.25) is 0 Å². The minimum atomic E-state index is -0.426. The van der Waals surface area contributed by atoms with Crippen LogP contribution in [0.25, 0.3) is 0 Å². The summed E-state index contributed by atoms with van der Waals surface area (Å²) in [5, 5.41) is 13.2. The van der Waals surface area contributed by atoms with Crippen molar-refractivity contribution < 1.29 is 9.59 Å². The number of ketones is 1. The number of hydrogen-bond acceptors (Lipinski definition) is 4. The van der Waals surface area contributed by atoms with Crippen molar-refractivity contribution >= 4 is 29.8 Å². The standard InChI is InChI=1S/C19H24N4O2.ClH/c1-19(2,3)17(24)12-6-8-13(9-7-12)21-18(25)16-11-15(22-23-16)14-5-4-10-20-14;/h6-9,11,14,20H,4-5,10H2,1-3H3,(H,21,25)(H,22,23);1H. The van der Waals surface area contributed by atoms with E-state index in [4.69, 9.17) is 0 Å². The lowest BCUT2D eigenvalue weighted by molar-refractivity contribution is 0.0858. The maximum Gasteiger partial charge on any atom is 0.276 e. The molecule has 1 aliphatic rings. The highest BCUT2D eigenvalue weighted by Crippen LogP contribution is 2.23. The average Bonchev–Trinajstić information content (AvgIpc) is 3.25. The number of anilines is 1. The lowest BCUT2D eigenvalue weighted by Gasteiger charge is -2.16. The molecule has 1 aromatic carbocycles. The molecular formula is C19H25ClN4O2. The van der Waals surface area contributed by atoms with Crippen molar-refractivity contribution in [2.45, 2.75) is 39.7 Å². The topological polar surface area (TPSA) is 86.9 Å². The fraction of sp³-hybridized carbons (Fsp3) is 0.421. The first kappa shape index (κ1) is 20.1. The van der Waals surface area contributed by atoms with Gasteiger partial charge in [-0.25, -0.2) is 0 Å². The lowest BCUT2D eigenvalue weighted by atomic mass is 9.86. The van der Waals surface area contributed by atoms with Crippen LogP contribution in [0.5, 0.6) is 0 Å². The van der Waals surface area contributed by atoms with Gasteiger partial charge in [0.25, 0.3) is 5.91 Å². The molecule has 3 N–H and O–H groups in total. The number of benzene rings is 1. The third kappa shape index (κ3) is 4.51. The molecule has 1 fully saturated rings. The number of Topliss-reactive ketones (excluding diaryl/α,β-unsaturated/α-hetero) is 1. The van der Waals surface area contributed by atoms with E-state index in [9.17, 15) is 9.59 Å². The van der Waals surface area contributed by atoms with E-state index in [1.807, 2.05) is 20.8 Å². The van der Waals surface area contributed by atoms with Gasteiger partial charge in [-0.3, -0.25) is 14.7 Å². The molecule has 1 atom stereocenters. The quantitative estimate of drug-likeness (QED) is 0.709. The summed E-state index contributed by atoms with van der Waals surface area (Å²) in [6.45, 7) is 6.66. The summed E-state index contributed by atoms with van der Waals surface area (Å²) in [5.41, 5.74) is 2.15. The third-order valence-corrected chi connectivity index (χ3v) is 4.35. The van der Waals surface area contributed by atoms with E-state index >= 15 is 0 Å². The van der Waals surface area contributed by atoms with Gasteiger partial charge in [-0.15, -0.1) is 12.4 Å². The molecule has 26 heavy (non-hydrogen) atoms. The SMILES string of the molecule is CC(C)(C)C(=O)c1ccc(NC(=O)c2cc(C3CCCN3)[nH]n2)cc1.Cl. The number of nitrogens with one attached hydrogen (secondary N) is 3. The van der Waals surface area contributed by atoms with Gasteiger partial charge >= 0.3 is 0 Å². The van der Waals surface area contributed by atoms with Crippen molar-refractivity contribution in [3.63, 3.8) is 0 Å². The van der Waals surface area contributed by atoms with Gasteiger partial charge in [-0.1, -0.05) is 20.8 Å². The van der Waals surface area contributed by atoms with Crippen LogP contribution in [-0.4, -0.2) is 28.4 Å². The lowest BCUT2D eigenvalue weighted by Crippen LogP contribution is -2.20. The van der Waals surface area contributed by atoms with E-state index in [0.29, 0.717) is 16.9 Å². The molecule has 1 saturated heterocycles. The highest BCUT2D eigenvalue weighted by Gasteiger charge is 2.23. The molecule has 1 unspecified atom stereocenters. The molecule has 0 saturated carbocycles. The Morgan fingerprint density at radius 1 is 1.19 bits per heavy atom. The molecule has 7 heteroatoms.